The zero-order chi connectivity index (χ0) is 11.4. The number of benzene rings is 1. The molecular weight excluding hydrogens is 198 g/mol. The van der Waals surface area contributed by atoms with Crippen LogP contribution in [0.15, 0.2) is 30.3 Å². The minimum atomic E-state index is 0.883. The van der Waals surface area contributed by atoms with Crippen LogP contribution in [0, 0.1) is 0 Å². The van der Waals surface area contributed by atoms with Crippen LogP contribution in [0.3, 0.4) is 0 Å². The first-order chi connectivity index (χ1) is 7.85. The van der Waals surface area contributed by atoms with Crippen molar-refractivity contribution in [2.75, 3.05) is 18.9 Å². The molecule has 0 radical (unpaired) electrons. The number of hydrogen-bond acceptors (Lipinski definition) is 3. The predicted molar refractivity (Wildman–Crippen MR) is 68.7 cm³/mol. The maximum atomic E-state index is 4.52. The smallest absolute Gasteiger partial charge is 0.126 e. The molecule has 2 aromatic rings. The number of aromatic nitrogens is 1. The molecule has 1 aromatic carbocycles. The molecule has 0 aliphatic rings. The molecule has 1 aromatic heterocycles. The lowest BCUT2D eigenvalue weighted by Gasteiger charge is -2.09. The quantitative estimate of drug-likeness (QED) is 0.822. The molecule has 3 heteroatoms. The highest BCUT2D eigenvalue weighted by Crippen LogP contribution is 2.20. The molecule has 0 amide bonds. The fraction of sp³-hybridized carbons (Fsp3) is 0.308. The Morgan fingerprint density at radius 3 is 2.81 bits per heavy atom. The first-order valence-electron chi connectivity index (χ1n) is 5.62. The van der Waals surface area contributed by atoms with Gasteiger partial charge in [-0.3, -0.25) is 0 Å². The molecule has 2 rings (SSSR count). The van der Waals surface area contributed by atoms with Crippen molar-refractivity contribution in [1.82, 2.24) is 10.3 Å². The van der Waals surface area contributed by atoms with Crippen LogP contribution >= 0.6 is 0 Å². The van der Waals surface area contributed by atoms with E-state index in [1.165, 1.54) is 10.9 Å². The van der Waals surface area contributed by atoms with E-state index in [0.29, 0.717) is 0 Å². The van der Waals surface area contributed by atoms with Crippen LogP contribution in [0.4, 0.5) is 5.82 Å². The Morgan fingerprint density at radius 1 is 1.25 bits per heavy atom. The Morgan fingerprint density at radius 2 is 2.06 bits per heavy atom. The summed E-state index contributed by atoms with van der Waals surface area (Å²) in [5.74, 6) is 0.923. The molecule has 1 heterocycles. The van der Waals surface area contributed by atoms with Gasteiger partial charge in [-0.2, -0.15) is 0 Å². The summed E-state index contributed by atoms with van der Waals surface area (Å²) >= 11 is 0. The van der Waals surface area contributed by atoms with Crippen molar-refractivity contribution in [2.24, 2.45) is 0 Å². The van der Waals surface area contributed by atoms with Gasteiger partial charge in [0.05, 0.1) is 5.52 Å². The molecule has 0 saturated heterocycles. The SMILES string of the molecule is CCNCc1cc(NC)nc2ccccc12. The van der Waals surface area contributed by atoms with Gasteiger partial charge in [0.25, 0.3) is 0 Å². The van der Waals surface area contributed by atoms with E-state index in [4.69, 9.17) is 0 Å². The van der Waals surface area contributed by atoms with Crippen LogP contribution in [-0.2, 0) is 6.54 Å². The van der Waals surface area contributed by atoms with Crippen molar-refractivity contribution in [3.63, 3.8) is 0 Å². The summed E-state index contributed by atoms with van der Waals surface area (Å²) in [4.78, 5) is 4.52. The number of para-hydroxylation sites is 1. The highest BCUT2D eigenvalue weighted by atomic mass is 15.0. The monoisotopic (exact) mass is 215 g/mol. The number of pyridine rings is 1. The lowest BCUT2D eigenvalue weighted by molar-refractivity contribution is 0.730. The number of nitrogens with zero attached hydrogens (tertiary/aromatic N) is 1. The molecule has 0 bridgehead atoms. The third-order valence-electron chi connectivity index (χ3n) is 2.62. The largest absolute Gasteiger partial charge is 0.373 e. The fourth-order valence-electron chi connectivity index (χ4n) is 1.78. The van der Waals surface area contributed by atoms with Gasteiger partial charge < -0.3 is 10.6 Å². The van der Waals surface area contributed by atoms with Gasteiger partial charge in [0.2, 0.25) is 0 Å². The molecule has 0 atom stereocenters. The second-order valence-corrected chi connectivity index (χ2v) is 3.71. The summed E-state index contributed by atoms with van der Waals surface area (Å²) in [7, 11) is 1.90. The summed E-state index contributed by atoms with van der Waals surface area (Å²) in [6.45, 7) is 3.97. The van der Waals surface area contributed by atoms with E-state index in [2.05, 4.69) is 40.7 Å². The van der Waals surface area contributed by atoms with E-state index in [-0.39, 0.29) is 0 Å². The van der Waals surface area contributed by atoms with Gasteiger partial charge in [-0.25, -0.2) is 4.98 Å². The van der Waals surface area contributed by atoms with Crippen LogP contribution in [-0.4, -0.2) is 18.6 Å². The highest BCUT2D eigenvalue weighted by Gasteiger charge is 2.03. The highest BCUT2D eigenvalue weighted by molar-refractivity contribution is 5.83. The van der Waals surface area contributed by atoms with Crippen molar-refractivity contribution in [3.8, 4) is 0 Å². The first-order valence-corrected chi connectivity index (χ1v) is 5.62. The Labute approximate surface area is 95.9 Å². The van der Waals surface area contributed by atoms with Gasteiger partial charge in [0.15, 0.2) is 0 Å². The van der Waals surface area contributed by atoms with Crippen LogP contribution in [0.5, 0.6) is 0 Å². The number of fused-ring (bicyclic) bond motifs is 1. The molecular formula is C13H17N3. The minimum Gasteiger partial charge on any atom is -0.373 e. The zero-order valence-corrected chi connectivity index (χ0v) is 9.75. The summed E-state index contributed by atoms with van der Waals surface area (Å²) in [6, 6.07) is 10.3. The molecule has 3 nitrogen and oxygen atoms in total. The number of anilines is 1. The number of nitrogens with one attached hydrogen (secondary N) is 2. The normalized spacial score (nSPS) is 10.6. The van der Waals surface area contributed by atoms with Crippen molar-refractivity contribution < 1.29 is 0 Å². The van der Waals surface area contributed by atoms with E-state index >= 15 is 0 Å². The van der Waals surface area contributed by atoms with Crippen LogP contribution in [0.25, 0.3) is 10.9 Å². The molecule has 0 spiro atoms. The first kappa shape index (κ1) is 10.9. The van der Waals surface area contributed by atoms with Gasteiger partial charge in [0.1, 0.15) is 5.82 Å². The lowest BCUT2D eigenvalue weighted by Crippen LogP contribution is -2.12. The van der Waals surface area contributed by atoms with Crippen molar-refractivity contribution >= 4 is 16.7 Å². The third-order valence-corrected chi connectivity index (χ3v) is 2.62. The molecule has 16 heavy (non-hydrogen) atoms. The molecule has 0 fully saturated rings. The average Bonchev–Trinajstić information content (AvgIpc) is 2.35. The van der Waals surface area contributed by atoms with Gasteiger partial charge in [-0.1, -0.05) is 25.1 Å². The van der Waals surface area contributed by atoms with Crippen LogP contribution < -0.4 is 10.6 Å². The maximum Gasteiger partial charge on any atom is 0.126 e. The van der Waals surface area contributed by atoms with Crippen molar-refractivity contribution in [2.45, 2.75) is 13.5 Å². The average molecular weight is 215 g/mol. The summed E-state index contributed by atoms with van der Waals surface area (Å²) in [5.41, 5.74) is 2.33. The molecule has 2 N–H and O–H groups in total. The molecule has 0 aliphatic carbocycles. The lowest BCUT2D eigenvalue weighted by atomic mass is 10.1. The fourth-order valence-corrected chi connectivity index (χ4v) is 1.78. The standard InChI is InChI=1S/C13H17N3/c1-3-15-9-10-8-13(14-2)16-12-7-5-4-6-11(10)12/h4-8,15H,3,9H2,1-2H3,(H,14,16). The van der Waals surface area contributed by atoms with Crippen LogP contribution in [0.2, 0.25) is 0 Å². The Kier molecular flexibility index (Phi) is 3.37. The Hall–Kier alpha value is -1.61. The summed E-state index contributed by atoms with van der Waals surface area (Å²) in [6.07, 6.45) is 0. The van der Waals surface area contributed by atoms with Gasteiger partial charge in [-0.15, -0.1) is 0 Å². The Balaban J connectivity index is 2.50. The van der Waals surface area contributed by atoms with Gasteiger partial charge in [0, 0.05) is 19.0 Å². The summed E-state index contributed by atoms with van der Waals surface area (Å²) in [5, 5.41) is 7.67. The summed E-state index contributed by atoms with van der Waals surface area (Å²) < 4.78 is 0. The second-order valence-electron chi connectivity index (χ2n) is 3.71. The molecule has 0 unspecified atom stereocenters. The van der Waals surface area contributed by atoms with E-state index in [1.807, 2.05) is 19.2 Å². The zero-order valence-electron chi connectivity index (χ0n) is 9.75. The predicted octanol–water partition coefficient (Wildman–Crippen LogP) is 2.39. The van der Waals surface area contributed by atoms with E-state index in [0.717, 1.165) is 24.4 Å². The maximum absolute atomic E-state index is 4.52. The number of rotatable bonds is 4. The topological polar surface area (TPSA) is 37.0 Å². The van der Waals surface area contributed by atoms with Gasteiger partial charge in [-0.05, 0) is 24.2 Å². The van der Waals surface area contributed by atoms with Crippen molar-refractivity contribution in [3.05, 3.63) is 35.9 Å². The number of hydrogen-bond donors (Lipinski definition) is 2. The van der Waals surface area contributed by atoms with E-state index < -0.39 is 0 Å². The van der Waals surface area contributed by atoms with Crippen LogP contribution in [0.1, 0.15) is 12.5 Å². The molecule has 0 saturated carbocycles. The van der Waals surface area contributed by atoms with Gasteiger partial charge >= 0.3 is 0 Å². The van der Waals surface area contributed by atoms with Crippen molar-refractivity contribution in [1.29, 1.82) is 0 Å². The molecule has 84 valence electrons. The molecule has 0 aliphatic heterocycles. The van der Waals surface area contributed by atoms with E-state index in [9.17, 15) is 0 Å². The second kappa shape index (κ2) is 4.94. The Bertz CT molecular complexity index is 480. The minimum absolute atomic E-state index is 0.883. The van der Waals surface area contributed by atoms with E-state index in [1.54, 1.807) is 0 Å². The third kappa shape index (κ3) is 2.14.